The number of amides is 2. The van der Waals surface area contributed by atoms with Gasteiger partial charge in [0.25, 0.3) is 5.91 Å². The van der Waals surface area contributed by atoms with E-state index in [1.807, 2.05) is 35.2 Å². The van der Waals surface area contributed by atoms with E-state index in [1.165, 1.54) is 0 Å². The van der Waals surface area contributed by atoms with Crippen LogP contribution in [0.2, 0.25) is 0 Å². The van der Waals surface area contributed by atoms with Crippen molar-refractivity contribution in [2.75, 3.05) is 19.6 Å². The summed E-state index contributed by atoms with van der Waals surface area (Å²) in [6, 6.07) is 9.58. The highest BCUT2D eigenvalue weighted by molar-refractivity contribution is 6.00. The van der Waals surface area contributed by atoms with Crippen LogP contribution < -0.4 is 5.32 Å². The number of benzene rings is 1. The summed E-state index contributed by atoms with van der Waals surface area (Å²) in [6.07, 6.45) is 5.78. The molecule has 1 spiro atoms. The van der Waals surface area contributed by atoms with Gasteiger partial charge in [-0.1, -0.05) is 35.5 Å². The van der Waals surface area contributed by atoms with E-state index < -0.39 is 0 Å². The third-order valence-corrected chi connectivity index (χ3v) is 6.88. The molecule has 1 aliphatic carbocycles. The molecule has 164 valence electrons. The summed E-state index contributed by atoms with van der Waals surface area (Å²) in [4.78, 5) is 27.2. The molecule has 1 N–H and O–H groups in total. The Kier molecular flexibility index (Phi) is 5.30. The summed E-state index contributed by atoms with van der Waals surface area (Å²) in [5.74, 6) is 0.929. The van der Waals surface area contributed by atoms with E-state index in [9.17, 15) is 9.59 Å². The summed E-state index contributed by atoms with van der Waals surface area (Å²) in [5, 5.41) is 7.12. The number of nitrogens with one attached hydrogen (secondary N) is 1. The van der Waals surface area contributed by atoms with Gasteiger partial charge >= 0.3 is 0 Å². The predicted octanol–water partition coefficient (Wildman–Crippen LogP) is 3.33. The van der Waals surface area contributed by atoms with Crippen LogP contribution in [0.25, 0.3) is 11.3 Å². The first kappa shape index (κ1) is 20.2. The summed E-state index contributed by atoms with van der Waals surface area (Å²) in [6.45, 7) is 3.79. The number of carbonyl (C=O) groups is 2. The summed E-state index contributed by atoms with van der Waals surface area (Å²) in [7, 11) is 0. The Morgan fingerprint density at radius 1 is 1.13 bits per heavy atom. The monoisotopic (exact) mass is 423 g/mol. The quantitative estimate of drug-likeness (QED) is 0.797. The number of aryl methyl sites for hydroxylation is 1. The molecule has 7 heteroatoms. The van der Waals surface area contributed by atoms with Crippen LogP contribution in [-0.2, 0) is 9.53 Å². The first-order chi connectivity index (χ1) is 15.0. The van der Waals surface area contributed by atoms with Gasteiger partial charge in [-0.3, -0.25) is 9.59 Å². The van der Waals surface area contributed by atoms with Gasteiger partial charge in [0.1, 0.15) is 17.0 Å². The molecule has 2 amide bonds. The van der Waals surface area contributed by atoms with Crippen molar-refractivity contribution >= 4 is 11.8 Å². The Labute approximate surface area is 182 Å². The Morgan fingerprint density at radius 2 is 1.87 bits per heavy atom. The lowest BCUT2D eigenvalue weighted by molar-refractivity contribution is -0.138. The second-order valence-corrected chi connectivity index (χ2v) is 9.10. The smallest absolute Gasteiger partial charge is 0.257 e. The van der Waals surface area contributed by atoms with Crippen molar-refractivity contribution in [3.63, 3.8) is 0 Å². The van der Waals surface area contributed by atoms with Crippen molar-refractivity contribution in [2.24, 2.45) is 5.92 Å². The molecule has 31 heavy (non-hydrogen) atoms. The van der Waals surface area contributed by atoms with Crippen LogP contribution in [0.15, 0.2) is 34.9 Å². The fourth-order valence-corrected chi connectivity index (χ4v) is 4.86. The molecule has 0 radical (unpaired) electrons. The third-order valence-electron chi connectivity index (χ3n) is 6.88. The average Bonchev–Trinajstić information content (AvgIpc) is 3.47. The molecule has 1 aromatic heterocycles. The first-order valence-electron chi connectivity index (χ1n) is 11.3. The highest BCUT2D eigenvalue weighted by Crippen LogP contribution is 2.40. The number of piperidine rings is 1. The number of likely N-dealkylation sites (tertiary alicyclic amines) is 1. The molecule has 1 unspecified atom stereocenters. The minimum Gasteiger partial charge on any atom is -0.370 e. The Bertz CT molecular complexity index is 958. The van der Waals surface area contributed by atoms with Gasteiger partial charge in [-0.15, -0.1) is 0 Å². The zero-order chi connectivity index (χ0) is 21.4. The van der Waals surface area contributed by atoms with Gasteiger partial charge in [0.05, 0.1) is 11.7 Å². The highest BCUT2D eigenvalue weighted by Gasteiger charge is 2.44. The van der Waals surface area contributed by atoms with E-state index in [0.717, 1.165) is 57.2 Å². The molecule has 1 atom stereocenters. The van der Waals surface area contributed by atoms with E-state index in [0.29, 0.717) is 29.5 Å². The maximum atomic E-state index is 12.9. The van der Waals surface area contributed by atoms with Gasteiger partial charge in [-0.05, 0) is 45.4 Å². The van der Waals surface area contributed by atoms with Gasteiger partial charge in [0, 0.05) is 31.1 Å². The van der Waals surface area contributed by atoms with Crippen molar-refractivity contribution in [3.05, 3.63) is 41.7 Å². The van der Waals surface area contributed by atoms with E-state index >= 15 is 0 Å². The van der Waals surface area contributed by atoms with Gasteiger partial charge in [0.2, 0.25) is 5.91 Å². The van der Waals surface area contributed by atoms with Crippen LogP contribution in [0.5, 0.6) is 0 Å². The zero-order valence-electron chi connectivity index (χ0n) is 17.9. The minimum atomic E-state index is -0.188. The molecule has 2 aliphatic heterocycles. The molecule has 2 aromatic rings. The van der Waals surface area contributed by atoms with Gasteiger partial charge in [0.15, 0.2) is 0 Å². The Morgan fingerprint density at radius 3 is 2.58 bits per heavy atom. The zero-order valence-corrected chi connectivity index (χ0v) is 17.9. The lowest BCUT2D eigenvalue weighted by Crippen LogP contribution is -2.47. The maximum Gasteiger partial charge on any atom is 0.257 e. The Balaban J connectivity index is 1.16. The standard InChI is InChI=1S/C24H29N3O4/c1-16-20(21(26-31-16)17-5-3-2-4-6-17)22(28)25-15-19-9-10-24(30-19)11-13-27(14-12-24)23(29)18-7-8-18/h2-6,18-19H,7-15H2,1H3,(H,25,28). The van der Waals surface area contributed by atoms with E-state index in [2.05, 4.69) is 10.5 Å². The van der Waals surface area contributed by atoms with Crippen molar-refractivity contribution < 1.29 is 18.8 Å². The molecule has 2 saturated heterocycles. The average molecular weight is 424 g/mol. The molecule has 0 bridgehead atoms. The Hall–Kier alpha value is -2.67. The molecule has 5 rings (SSSR count). The summed E-state index contributed by atoms with van der Waals surface area (Å²) < 4.78 is 11.7. The number of rotatable bonds is 5. The van der Waals surface area contributed by atoms with Gasteiger partial charge < -0.3 is 19.5 Å². The predicted molar refractivity (Wildman–Crippen MR) is 114 cm³/mol. The van der Waals surface area contributed by atoms with Crippen LogP contribution in [-0.4, -0.2) is 53.2 Å². The normalized spacial score (nSPS) is 22.6. The summed E-state index contributed by atoms with van der Waals surface area (Å²) >= 11 is 0. The number of carbonyl (C=O) groups excluding carboxylic acids is 2. The lowest BCUT2D eigenvalue weighted by Gasteiger charge is -2.39. The van der Waals surface area contributed by atoms with E-state index in [4.69, 9.17) is 9.26 Å². The number of hydrogen-bond acceptors (Lipinski definition) is 5. The van der Waals surface area contributed by atoms with Crippen LogP contribution >= 0.6 is 0 Å². The molecule has 1 aromatic carbocycles. The minimum absolute atomic E-state index is 0.00465. The van der Waals surface area contributed by atoms with Gasteiger partial charge in [-0.2, -0.15) is 0 Å². The third kappa shape index (κ3) is 4.11. The topological polar surface area (TPSA) is 84.7 Å². The maximum absolute atomic E-state index is 12.9. The molecule has 3 heterocycles. The second-order valence-electron chi connectivity index (χ2n) is 9.10. The molecule has 1 saturated carbocycles. The fourth-order valence-electron chi connectivity index (χ4n) is 4.86. The molecular weight excluding hydrogens is 394 g/mol. The van der Waals surface area contributed by atoms with Crippen LogP contribution in [0.4, 0.5) is 0 Å². The van der Waals surface area contributed by atoms with Crippen molar-refractivity contribution in [1.82, 2.24) is 15.4 Å². The van der Waals surface area contributed by atoms with Crippen molar-refractivity contribution in [1.29, 1.82) is 0 Å². The number of aromatic nitrogens is 1. The number of hydrogen-bond donors (Lipinski definition) is 1. The van der Waals surface area contributed by atoms with Crippen molar-refractivity contribution in [3.8, 4) is 11.3 Å². The van der Waals surface area contributed by atoms with E-state index in [1.54, 1.807) is 6.92 Å². The first-order valence-corrected chi connectivity index (χ1v) is 11.3. The SMILES string of the molecule is Cc1onc(-c2ccccc2)c1C(=O)NCC1CCC2(CCN(C(=O)C3CC3)CC2)O1. The lowest BCUT2D eigenvalue weighted by atomic mass is 9.88. The van der Waals surface area contributed by atoms with E-state index in [-0.39, 0.29) is 23.5 Å². The van der Waals surface area contributed by atoms with Gasteiger partial charge in [-0.25, -0.2) is 0 Å². The highest BCUT2D eigenvalue weighted by atomic mass is 16.5. The molecule has 3 aliphatic rings. The van der Waals surface area contributed by atoms with Crippen LogP contribution in [0, 0.1) is 12.8 Å². The molecule has 7 nitrogen and oxygen atoms in total. The van der Waals surface area contributed by atoms with Crippen molar-refractivity contribution in [2.45, 2.75) is 57.2 Å². The summed E-state index contributed by atoms with van der Waals surface area (Å²) in [5.41, 5.74) is 1.75. The van der Waals surface area contributed by atoms with Crippen LogP contribution in [0.1, 0.15) is 54.6 Å². The molecule has 3 fully saturated rings. The molecular formula is C24H29N3O4. The number of nitrogens with zero attached hydrogens (tertiary/aromatic N) is 2. The van der Waals surface area contributed by atoms with Crippen LogP contribution in [0.3, 0.4) is 0 Å². The fraction of sp³-hybridized carbons (Fsp3) is 0.542. The largest absolute Gasteiger partial charge is 0.370 e. The second kappa shape index (κ2) is 8.11. The number of ether oxygens (including phenoxy) is 1.